The summed E-state index contributed by atoms with van der Waals surface area (Å²) in [6.45, 7) is 3.80. The fourth-order valence-electron chi connectivity index (χ4n) is 1.64. The molecule has 0 saturated carbocycles. The van der Waals surface area contributed by atoms with Crippen LogP contribution in [0.25, 0.3) is 0 Å². The zero-order valence-corrected chi connectivity index (χ0v) is 13.1. The molecule has 0 spiro atoms. The second-order valence-corrected chi connectivity index (χ2v) is 6.41. The molecule has 0 aliphatic rings. The van der Waals surface area contributed by atoms with E-state index in [0.29, 0.717) is 11.4 Å². The van der Waals surface area contributed by atoms with Crippen molar-refractivity contribution in [1.82, 2.24) is 9.82 Å². The van der Waals surface area contributed by atoms with E-state index in [0.717, 1.165) is 0 Å². The molecule has 22 heavy (non-hydrogen) atoms. The minimum Gasteiger partial charge on any atom is -0.491 e. The normalized spacial score (nSPS) is 11.8. The molecule has 1 heterocycles. The van der Waals surface area contributed by atoms with Gasteiger partial charge in [-0.1, -0.05) is 6.07 Å². The molecule has 116 valence electrons. The summed E-state index contributed by atoms with van der Waals surface area (Å²) in [4.78, 5) is 6.27. The summed E-state index contributed by atoms with van der Waals surface area (Å²) in [6, 6.07) is 11.4. The largest absolute Gasteiger partial charge is 0.491 e. The highest BCUT2D eigenvalue weighted by Crippen LogP contribution is 2.16. The molecule has 1 aromatic heterocycles. The van der Waals surface area contributed by atoms with Crippen LogP contribution in [-0.2, 0) is 10.0 Å². The highest BCUT2D eigenvalue weighted by molar-refractivity contribution is 7.89. The van der Waals surface area contributed by atoms with Crippen molar-refractivity contribution in [3.8, 4) is 5.75 Å². The summed E-state index contributed by atoms with van der Waals surface area (Å²) < 4.78 is 29.6. The monoisotopic (exact) mass is 319 g/mol. The number of sulfonamides is 1. The maximum Gasteiger partial charge on any atom is 0.276 e. The Kier molecular flexibility index (Phi) is 5.11. The Bertz CT molecular complexity index is 726. The smallest absolute Gasteiger partial charge is 0.276 e. The van der Waals surface area contributed by atoms with Crippen LogP contribution in [0.2, 0.25) is 0 Å². The number of hydrogen-bond donors (Lipinski definition) is 1. The van der Waals surface area contributed by atoms with Crippen LogP contribution in [0.4, 0.5) is 0 Å². The van der Waals surface area contributed by atoms with Crippen molar-refractivity contribution in [3.05, 3.63) is 54.4 Å². The fourth-order valence-corrected chi connectivity index (χ4v) is 2.43. The minimum absolute atomic E-state index is 0.0311. The summed E-state index contributed by atoms with van der Waals surface area (Å²) in [5.41, 5.74) is 0.561. The molecule has 0 bridgehead atoms. The Balaban J connectivity index is 2.05. The zero-order valence-electron chi connectivity index (χ0n) is 12.3. The van der Waals surface area contributed by atoms with Gasteiger partial charge < -0.3 is 4.74 Å². The molecule has 2 aromatic rings. The van der Waals surface area contributed by atoms with Crippen LogP contribution in [0, 0.1) is 0 Å². The number of ether oxygens (including phenoxy) is 1. The maximum atomic E-state index is 12.1. The number of hydrazone groups is 1. The summed E-state index contributed by atoms with van der Waals surface area (Å²) in [6.07, 6.45) is 2.97. The van der Waals surface area contributed by atoms with Crippen molar-refractivity contribution in [2.75, 3.05) is 0 Å². The molecular weight excluding hydrogens is 302 g/mol. The first-order chi connectivity index (χ1) is 10.5. The molecule has 0 aliphatic carbocycles. The molecule has 0 radical (unpaired) electrons. The molecule has 1 aromatic carbocycles. The van der Waals surface area contributed by atoms with Gasteiger partial charge in [-0.3, -0.25) is 4.98 Å². The predicted octanol–water partition coefficient (Wildman–Crippen LogP) is 2.18. The van der Waals surface area contributed by atoms with Crippen molar-refractivity contribution in [1.29, 1.82) is 0 Å². The Morgan fingerprint density at radius 2 is 1.91 bits per heavy atom. The van der Waals surface area contributed by atoms with Gasteiger partial charge in [0.2, 0.25) is 0 Å². The van der Waals surface area contributed by atoms with Gasteiger partial charge >= 0.3 is 0 Å². The molecule has 0 fully saturated rings. The summed E-state index contributed by atoms with van der Waals surface area (Å²) >= 11 is 0. The lowest BCUT2D eigenvalue weighted by atomic mass is 10.3. The third-order valence-electron chi connectivity index (χ3n) is 2.56. The summed E-state index contributed by atoms with van der Waals surface area (Å²) in [5.74, 6) is 0.617. The van der Waals surface area contributed by atoms with Crippen molar-refractivity contribution in [2.45, 2.75) is 24.8 Å². The zero-order chi connectivity index (χ0) is 16.0. The lowest BCUT2D eigenvalue weighted by molar-refractivity contribution is 0.242. The Morgan fingerprint density at radius 1 is 1.18 bits per heavy atom. The molecule has 0 aliphatic heterocycles. The van der Waals surface area contributed by atoms with Gasteiger partial charge in [-0.05, 0) is 50.2 Å². The number of benzene rings is 1. The Labute approximate surface area is 129 Å². The molecule has 1 N–H and O–H groups in total. The molecule has 0 saturated heterocycles. The van der Waals surface area contributed by atoms with Crippen LogP contribution in [0.15, 0.2) is 58.7 Å². The number of pyridine rings is 1. The van der Waals surface area contributed by atoms with Gasteiger partial charge in [0, 0.05) is 6.20 Å². The predicted molar refractivity (Wildman–Crippen MR) is 84.4 cm³/mol. The lowest BCUT2D eigenvalue weighted by Gasteiger charge is -2.10. The third kappa shape index (κ3) is 4.56. The fraction of sp³-hybridized carbons (Fsp3) is 0.200. The van der Waals surface area contributed by atoms with Gasteiger partial charge in [-0.2, -0.15) is 13.5 Å². The standard InChI is InChI=1S/C15H17N3O3S/c1-12(2)21-14-6-8-15(9-7-14)22(19,20)18-17-11-13-5-3-4-10-16-13/h3-12,18H,1-2H3/b17-11+. The SMILES string of the molecule is CC(C)Oc1ccc(S(=O)(=O)N/N=C/c2ccccn2)cc1. The minimum atomic E-state index is -3.71. The van der Waals surface area contributed by atoms with E-state index in [2.05, 4.69) is 14.9 Å². The first-order valence-corrected chi connectivity index (χ1v) is 8.18. The molecule has 0 atom stereocenters. The van der Waals surface area contributed by atoms with E-state index in [1.54, 1.807) is 36.5 Å². The molecular formula is C15H17N3O3S. The average Bonchev–Trinajstić information content (AvgIpc) is 2.48. The van der Waals surface area contributed by atoms with Gasteiger partial charge in [0.25, 0.3) is 10.0 Å². The topological polar surface area (TPSA) is 80.7 Å². The maximum absolute atomic E-state index is 12.1. The van der Waals surface area contributed by atoms with E-state index in [1.165, 1.54) is 18.3 Å². The Morgan fingerprint density at radius 3 is 2.50 bits per heavy atom. The van der Waals surface area contributed by atoms with Crippen LogP contribution in [0.1, 0.15) is 19.5 Å². The van der Waals surface area contributed by atoms with Gasteiger partial charge in [0.05, 0.1) is 22.9 Å². The van der Waals surface area contributed by atoms with Crippen molar-refractivity contribution in [3.63, 3.8) is 0 Å². The highest BCUT2D eigenvalue weighted by Gasteiger charge is 2.12. The number of nitrogens with one attached hydrogen (secondary N) is 1. The van der Waals surface area contributed by atoms with Crippen molar-refractivity contribution < 1.29 is 13.2 Å². The van der Waals surface area contributed by atoms with Gasteiger partial charge in [-0.15, -0.1) is 0 Å². The lowest BCUT2D eigenvalue weighted by Crippen LogP contribution is -2.18. The van der Waals surface area contributed by atoms with E-state index in [1.807, 2.05) is 13.8 Å². The number of nitrogens with zero attached hydrogens (tertiary/aromatic N) is 2. The first kappa shape index (κ1) is 16.0. The average molecular weight is 319 g/mol. The van der Waals surface area contributed by atoms with Crippen molar-refractivity contribution >= 4 is 16.2 Å². The Hall–Kier alpha value is -2.41. The molecule has 7 heteroatoms. The van der Waals surface area contributed by atoms with E-state index in [9.17, 15) is 8.42 Å². The number of aromatic nitrogens is 1. The van der Waals surface area contributed by atoms with Crippen LogP contribution in [0.3, 0.4) is 0 Å². The number of hydrogen-bond acceptors (Lipinski definition) is 5. The van der Waals surface area contributed by atoms with Crippen LogP contribution < -0.4 is 9.57 Å². The first-order valence-electron chi connectivity index (χ1n) is 6.70. The third-order valence-corrected chi connectivity index (χ3v) is 3.80. The molecule has 2 rings (SSSR count). The summed E-state index contributed by atoms with van der Waals surface area (Å²) in [7, 11) is -3.71. The van der Waals surface area contributed by atoms with Crippen LogP contribution >= 0.6 is 0 Å². The van der Waals surface area contributed by atoms with E-state index < -0.39 is 10.0 Å². The van der Waals surface area contributed by atoms with Crippen LogP contribution in [0.5, 0.6) is 5.75 Å². The van der Waals surface area contributed by atoms with E-state index >= 15 is 0 Å². The van der Waals surface area contributed by atoms with Crippen molar-refractivity contribution in [2.24, 2.45) is 5.10 Å². The molecule has 0 unspecified atom stereocenters. The second-order valence-electron chi connectivity index (χ2n) is 4.75. The second kappa shape index (κ2) is 7.04. The van der Waals surface area contributed by atoms with E-state index in [-0.39, 0.29) is 11.0 Å². The summed E-state index contributed by atoms with van der Waals surface area (Å²) in [5, 5.41) is 3.70. The van der Waals surface area contributed by atoms with Gasteiger partial charge in [0.15, 0.2) is 0 Å². The van der Waals surface area contributed by atoms with Crippen LogP contribution in [-0.4, -0.2) is 25.7 Å². The molecule has 6 nitrogen and oxygen atoms in total. The molecule has 0 amide bonds. The highest BCUT2D eigenvalue weighted by atomic mass is 32.2. The van der Waals surface area contributed by atoms with E-state index in [4.69, 9.17) is 4.74 Å². The van der Waals surface area contributed by atoms with Gasteiger partial charge in [-0.25, -0.2) is 4.83 Å². The number of rotatable bonds is 6. The van der Waals surface area contributed by atoms with Gasteiger partial charge in [0.1, 0.15) is 5.75 Å². The quantitative estimate of drug-likeness (QED) is 0.653.